The van der Waals surface area contributed by atoms with Crippen molar-refractivity contribution in [2.24, 2.45) is 7.05 Å². The SMILES string of the molecule is CNC(=O)c1cc2c(c(F)c1-c1c(Cl)c(F)cc3c1C[C@](c1ccccc1)([C@@H]1CCCN1)O3)OCc1nn(C)cc1-2. The number of aromatic nitrogens is 2. The van der Waals surface area contributed by atoms with Gasteiger partial charge in [0.05, 0.1) is 16.6 Å². The van der Waals surface area contributed by atoms with Crippen molar-refractivity contribution in [3.8, 4) is 33.8 Å². The molecule has 1 fully saturated rings. The van der Waals surface area contributed by atoms with Crippen LogP contribution in [0.3, 0.4) is 0 Å². The molecule has 4 heterocycles. The third-order valence-corrected chi connectivity index (χ3v) is 8.76. The molecule has 0 saturated carbocycles. The van der Waals surface area contributed by atoms with Gasteiger partial charge in [0.25, 0.3) is 5.91 Å². The van der Waals surface area contributed by atoms with E-state index in [1.54, 1.807) is 24.0 Å². The number of ether oxygens (including phenoxy) is 2. The summed E-state index contributed by atoms with van der Waals surface area (Å²) in [7, 11) is 3.22. The van der Waals surface area contributed by atoms with E-state index in [4.69, 9.17) is 21.1 Å². The van der Waals surface area contributed by atoms with Crippen LogP contribution in [0.2, 0.25) is 5.02 Å². The van der Waals surface area contributed by atoms with Gasteiger partial charge in [0.15, 0.2) is 17.2 Å². The fourth-order valence-corrected chi connectivity index (χ4v) is 6.82. The van der Waals surface area contributed by atoms with Gasteiger partial charge in [-0.2, -0.15) is 5.10 Å². The highest BCUT2D eigenvalue weighted by molar-refractivity contribution is 6.34. The fourth-order valence-electron chi connectivity index (χ4n) is 6.56. The molecule has 0 aliphatic carbocycles. The minimum atomic E-state index is -0.870. The molecule has 10 heteroatoms. The number of nitrogens with zero attached hydrogens (tertiary/aromatic N) is 2. The van der Waals surface area contributed by atoms with Crippen molar-refractivity contribution in [1.82, 2.24) is 20.4 Å². The second-order valence-electron chi connectivity index (χ2n) is 10.7. The number of halogens is 3. The highest BCUT2D eigenvalue weighted by atomic mass is 35.5. The van der Waals surface area contributed by atoms with Gasteiger partial charge in [0, 0.05) is 60.6 Å². The van der Waals surface area contributed by atoms with E-state index in [2.05, 4.69) is 15.7 Å². The van der Waals surface area contributed by atoms with Crippen molar-refractivity contribution in [2.75, 3.05) is 13.6 Å². The number of aryl methyl sites for hydroxylation is 1. The van der Waals surface area contributed by atoms with Crippen LogP contribution in [0.4, 0.5) is 8.78 Å². The maximum absolute atomic E-state index is 16.7. The Morgan fingerprint density at radius 2 is 2.00 bits per heavy atom. The van der Waals surface area contributed by atoms with Gasteiger partial charge in [-0.25, -0.2) is 8.78 Å². The Labute approximate surface area is 240 Å². The van der Waals surface area contributed by atoms with E-state index >= 15 is 8.78 Å². The van der Waals surface area contributed by atoms with Crippen molar-refractivity contribution in [2.45, 2.75) is 37.5 Å². The first kappa shape index (κ1) is 26.0. The van der Waals surface area contributed by atoms with Crippen LogP contribution in [-0.4, -0.2) is 35.3 Å². The standard InChI is InChI=1S/C31H27ClF2N4O3/c1-35-30(39)18-11-17-20-14-38(2)37-22(20)15-40-29(17)28(34)26(18)25-19-13-31(24-9-6-10-36-24,16-7-4-3-5-8-16)41-23(19)12-21(33)27(25)32/h3-5,7-8,11-12,14,24,36H,6,9-10,13,15H2,1-2H3,(H,35,39)/t24-,31-/m0/s1. The minimum Gasteiger partial charge on any atom is -0.483 e. The number of carbonyl (C=O) groups is 1. The summed E-state index contributed by atoms with van der Waals surface area (Å²) in [4.78, 5) is 13.3. The summed E-state index contributed by atoms with van der Waals surface area (Å²) >= 11 is 6.67. The molecule has 7 rings (SSSR count). The van der Waals surface area contributed by atoms with E-state index in [1.165, 1.54) is 13.1 Å². The number of amides is 1. The lowest BCUT2D eigenvalue weighted by Crippen LogP contribution is -2.48. The summed E-state index contributed by atoms with van der Waals surface area (Å²) in [6.07, 6.45) is 3.88. The number of hydrogen-bond acceptors (Lipinski definition) is 5. The van der Waals surface area contributed by atoms with E-state index < -0.39 is 23.1 Å². The Balaban J connectivity index is 1.48. The lowest BCUT2D eigenvalue weighted by Gasteiger charge is -2.35. The van der Waals surface area contributed by atoms with Crippen molar-refractivity contribution >= 4 is 17.5 Å². The molecule has 2 atom stereocenters. The Hall–Kier alpha value is -3.95. The molecule has 2 N–H and O–H groups in total. The molecular weight excluding hydrogens is 550 g/mol. The molecular formula is C31H27ClF2N4O3. The smallest absolute Gasteiger partial charge is 0.251 e. The van der Waals surface area contributed by atoms with Crippen molar-refractivity contribution < 1.29 is 23.0 Å². The maximum Gasteiger partial charge on any atom is 0.251 e. The van der Waals surface area contributed by atoms with Crippen LogP contribution in [0.1, 0.15) is 40.0 Å². The second-order valence-corrected chi connectivity index (χ2v) is 11.1. The average Bonchev–Trinajstić information content (AvgIpc) is 3.73. The normalized spacial score (nSPS) is 20.6. The summed E-state index contributed by atoms with van der Waals surface area (Å²) in [5.41, 5.74) is 2.26. The van der Waals surface area contributed by atoms with Crippen molar-refractivity contribution in [1.29, 1.82) is 0 Å². The number of hydrogen-bond donors (Lipinski definition) is 2. The lowest BCUT2D eigenvalue weighted by molar-refractivity contribution is 0.0539. The zero-order valence-corrected chi connectivity index (χ0v) is 23.2. The maximum atomic E-state index is 16.7. The second kappa shape index (κ2) is 9.56. The van der Waals surface area contributed by atoms with E-state index in [0.29, 0.717) is 28.8 Å². The molecule has 1 aromatic heterocycles. The number of nitrogens with one attached hydrogen (secondary N) is 2. The summed E-state index contributed by atoms with van der Waals surface area (Å²) in [5.74, 6) is -1.86. The van der Waals surface area contributed by atoms with Crippen molar-refractivity contribution in [3.05, 3.63) is 87.7 Å². The molecule has 210 valence electrons. The number of benzene rings is 3. The highest BCUT2D eigenvalue weighted by Gasteiger charge is 2.50. The van der Waals surface area contributed by atoms with Crippen LogP contribution < -0.4 is 20.1 Å². The van der Waals surface area contributed by atoms with E-state index in [1.807, 2.05) is 30.3 Å². The minimum absolute atomic E-state index is 0.00922. The zero-order chi connectivity index (χ0) is 28.5. The predicted molar refractivity (Wildman–Crippen MR) is 150 cm³/mol. The molecule has 3 aromatic carbocycles. The Morgan fingerprint density at radius 1 is 1.20 bits per heavy atom. The molecule has 0 spiro atoms. The van der Waals surface area contributed by atoms with Crippen LogP contribution in [0.15, 0.2) is 48.7 Å². The number of rotatable bonds is 4. The largest absolute Gasteiger partial charge is 0.483 e. The first-order valence-corrected chi connectivity index (χ1v) is 13.9. The highest BCUT2D eigenvalue weighted by Crippen LogP contribution is 2.54. The average molecular weight is 577 g/mol. The van der Waals surface area contributed by atoms with Gasteiger partial charge in [-0.15, -0.1) is 0 Å². The van der Waals surface area contributed by atoms with E-state index in [9.17, 15) is 4.79 Å². The summed E-state index contributed by atoms with van der Waals surface area (Å²) in [6, 6.07) is 12.5. The molecule has 0 bridgehead atoms. The van der Waals surface area contributed by atoms with Crippen LogP contribution in [0.5, 0.6) is 11.5 Å². The fraction of sp³-hybridized carbons (Fsp3) is 0.290. The predicted octanol–water partition coefficient (Wildman–Crippen LogP) is 5.52. The summed E-state index contributed by atoms with van der Waals surface area (Å²) < 4.78 is 46.4. The van der Waals surface area contributed by atoms with Gasteiger partial charge >= 0.3 is 0 Å². The molecule has 1 amide bonds. The number of fused-ring (bicyclic) bond motifs is 4. The molecule has 1 saturated heterocycles. The first-order valence-electron chi connectivity index (χ1n) is 13.6. The van der Waals surface area contributed by atoms with Gasteiger partial charge in [0.1, 0.15) is 23.9 Å². The third kappa shape index (κ3) is 3.86. The lowest BCUT2D eigenvalue weighted by atomic mass is 9.80. The monoisotopic (exact) mass is 576 g/mol. The quantitative estimate of drug-likeness (QED) is 0.335. The van der Waals surface area contributed by atoms with Crippen molar-refractivity contribution in [3.63, 3.8) is 0 Å². The topological polar surface area (TPSA) is 77.4 Å². The Bertz CT molecular complexity index is 1720. The molecule has 0 unspecified atom stereocenters. The molecule has 4 aromatic rings. The van der Waals surface area contributed by atoms with Gasteiger partial charge in [-0.1, -0.05) is 41.9 Å². The van der Waals surface area contributed by atoms with Crippen LogP contribution in [0.25, 0.3) is 22.3 Å². The zero-order valence-electron chi connectivity index (χ0n) is 22.5. The first-order chi connectivity index (χ1) is 19.8. The number of carbonyl (C=O) groups excluding carboxylic acids is 1. The van der Waals surface area contributed by atoms with Gasteiger partial charge in [-0.05, 0) is 31.0 Å². The van der Waals surface area contributed by atoms with Crippen LogP contribution >= 0.6 is 11.6 Å². The van der Waals surface area contributed by atoms with Gasteiger partial charge < -0.3 is 20.1 Å². The Kier molecular flexibility index (Phi) is 6.06. The Morgan fingerprint density at radius 3 is 2.73 bits per heavy atom. The van der Waals surface area contributed by atoms with Gasteiger partial charge in [0.2, 0.25) is 0 Å². The van der Waals surface area contributed by atoms with Crippen LogP contribution in [-0.2, 0) is 25.7 Å². The molecule has 3 aliphatic rings. The summed E-state index contributed by atoms with van der Waals surface area (Å²) in [6.45, 7) is 0.885. The van der Waals surface area contributed by atoms with E-state index in [-0.39, 0.29) is 45.9 Å². The van der Waals surface area contributed by atoms with Gasteiger partial charge in [-0.3, -0.25) is 9.48 Å². The third-order valence-electron chi connectivity index (χ3n) is 8.40. The van der Waals surface area contributed by atoms with Crippen LogP contribution in [0, 0.1) is 11.6 Å². The van der Waals surface area contributed by atoms with E-state index in [0.717, 1.165) is 24.9 Å². The molecule has 0 radical (unpaired) electrons. The molecule has 3 aliphatic heterocycles. The molecule has 41 heavy (non-hydrogen) atoms. The summed E-state index contributed by atoms with van der Waals surface area (Å²) in [5, 5.41) is 10.2. The molecule has 7 nitrogen and oxygen atoms in total.